The largest absolute Gasteiger partial charge is 0.479 e. The Balaban J connectivity index is 1.78. The van der Waals surface area contributed by atoms with Gasteiger partial charge in [0.05, 0.1) is 6.54 Å². The third-order valence-electron chi connectivity index (χ3n) is 3.59. The quantitative estimate of drug-likeness (QED) is 0.907. The summed E-state index contributed by atoms with van der Waals surface area (Å²) in [4.78, 5) is 24.0. The van der Waals surface area contributed by atoms with Gasteiger partial charge in [-0.25, -0.2) is 9.18 Å². The van der Waals surface area contributed by atoms with Crippen molar-refractivity contribution in [3.63, 3.8) is 0 Å². The maximum absolute atomic E-state index is 13.8. The Morgan fingerprint density at radius 1 is 1.33 bits per heavy atom. The van der Waals surface area contributed by atoms with Crippen molar-refractivity contribution in [3.05, 3.63) is 42.0 Å². The van der Waals surface area contributed by atoms with Gasteiger partial charge in [-0.3, -0.25) is 4.79 Å². The van der Waals surface area contributed by atoms with Gasteiger partial charge in [0, 0.05) is 19.4 Å². The minimum absolute atomic E-state index is 0.131. The van der Waals surface area contributed by atoms with Gasteiger partial charge >= 0.3 is 5.97 Å². The second-order valence-corrected chi connectivity index (χ2v) is 5.19. The first-order valence-electron chi connectivity index (χ1n) is 6.93. The fourth-order valence-corrected chi connectivity index (χ4v) is 2.31. The molecule has 4 nitrogen and oxygen atoms in total. The second kappa shape index (κ2) is 6.52. The van der Waals surface area contributed by atoms with Gasteiger partial charge < -0.3 is 10.0 Å². The lowest BCUT2D eigenvalue weighted by Gasteiger charge is -2.17. The highest BCUT2D eigenvalue weighted by molar-refractivity contribution is 5.82. The van der Waals surface area contributed by atoms with Crippen LogP contribution in [0.1, 0.15) is 24.8 Å². The molecule has 1 atom stereocenters. The Labute approximate surface area is 122 Å². The van der Waals surface area contributed by atoms with Crippen molar-refractivity contribution in [3.8, 4) is 0 Å². The Bertz CT molecular complexity index is 544. The van der Waals surface area contributed by atoms with Crippen molar-refractivity contribution in [1.82, 2.24) is 4.90 Å². The van der Waals surface area contributed by atoms with Gasteiger partial charge in [-0.05, 0) is 12.0 Å². The number of aliphatic carboxylic acids is 1. The fraction of sp³-hybridized carbons (Fsp3) is 0.375. The van der Waals surface area contributed by atoms with Crippen molar-refractivity contribution in [2.45, 2.75) is 24.9 Å². The standard InChI is InChI=1S/C16H18FNO3/c17-16(15(20)21)10-11-18(12-16)14(19)9-5-4-8-13-6-2-1-3-7-13/h1-4,6-8H,5,9-12H2,(H,20,21)/b8-4+. The van der Waals surface area contributed by atoms with Gasteiger partial charge in [0.15, 0.2) is 0 Å². The molecule has 2 rings (SSSR count). The number of hydrogen-bond acceptors (Lipinski definition) is 2. The minimum Gasteiger partial charge on any atom is -0.479 e. The SMILES string of the molecule is O=C(CC/C=C/c1ccccc1)N1CCC(F)(C(=O)O)C1. The molecule has 1 aliphatic heterocycles. The number of allylic oxidation sites excluding steroid dienone is 1. The van der Waals surface area contributed by atoms with Crippen LogP contribution in [0.2, 0.25) is 0 Å². The summed E-state index contributed by atoms with van der Waals surface area (Å²) in [6, 6.07) is 9.72. The lowest BCUT2D eigenvalue weighted by atomic mass is 10.1. The number of nitrogens with zero attached hydrogens (tertiary/aromatic N) is 1. The third-order valence-corrected chi connectivity index (χ3v) is 3.59. The zero-order chi connectivity index (χ0) is 15.3. The first-order chi connectivity index (χ1) is 10.0. The number of carboxylic acids is 1. The molecule has 1 amide bonds. The van der Waals surface area contributed by atoms with E-state index in [9.17, 15) is 14.0 Å². The average molecular weight is 291 g/mol. The van der Waals surface area contributed by atoms with Crippen LogP contribution in [0.25, 0.3) is 6.08 Å². The Hall–Kier alpha value is -2.17. The summed E-state index contributed by atoms with van der Waals surface area (Å²) in [6.07, 6.45) is 4.50. The molecule has 0 bridgehead atoms. The molecule has 0 aliphatic carbocycles. The van der Waals surface area contributed by atoms with Crippen molar-refractivity contribution in [1.29, 1.82) is 0 Å². The molecule has 1 heterocycles. The van der Waals surface area contributed by atoms with Crippen LogP contribution in [-0.2, 0) is 9.59 Å². The monoisotopic (exact) mass is 291 g/mol. The van der Waals surface area contributed by atoms with Gasteiger partial charge in [-0.15, -0.1) is 0 Å². The van der Waals surface area contributed by atoms with E-state index in [-0.39, 0.29) is 31.8 Å². The molecule has 0 aromatic heterocycles. The number of carbonyl (C=O) groups excluding carboxylic acids is 1. The summed E-state index contributed by atoms with van der Waals surface area (Å²) in [5.74, 6) is -1.68. The van der Waals surface area contributed by atoms with Crippen molar-refractivity contribution >= 4 is 18.0 Å². The van der Waals surface area contributed by atoms with Gasteiger partial charge in [-0.1, -0.05) is 42.5 Å². The molecule has 1 aliphatic rings. The van der Waals surface area contributed by atoms with E-state index in [2.05, 4.69) is 0 Å². The van der Waals surface area contributed by atoms with Crippen LogP contribution < -0.4 is 0 Å². The number of alkyl halides is 1. The van der Waals surface area contributed by atoms with Gasteiger partial charge in [0.25, 0.3) is 0 Å². The van der Waals surface area contributed by atoms with Crippen LogP contribution in [0.4, 0.5) is 4.39 Å². The number of carboxylic acid groups (broad SMARTS) is 1. The van der Waals surface area contributed by atoms with Crippen LogP contribution in [0.15, 0.2) is 36.4 Å². The molecule has 1 saturated heterocycles. The van der Waals surface area contributed by atoms with E-state index in [1.54, 1.807) is 0 Å². The Kier molecular flexibility index (Phi) is 4.73. The van der Waals surface area contributed by atoms with Crippen LogP contribution in [0.3, 0.4) is 0 Å². The Morgan fingerprint density at radius 2 is 2.05 bits per heavy atom. The van der Waals surface area contributed by atoms with Crippen LogP contribution in [0.5, 0.6) is 0 Å². The lowest BCUT2D eigenvalue weighted by molar-refractivity contribution is -0.150. The first-order valence-corrected chi connectivity index (χ1v) is 6.93. The number of rotatable bonds is 5. The molecule has 1 fully saturated rings. The van der Waals surface area contributed by atoms with E-state index in [1.165, 1.54) is 4.90 Å². The summed E-state index contributed by atoms with van der Waals surface area (Å²) in [7, 11) is 0. The number of halogens is 1. The van der Waals surface area contributed by atoms with Crippen molar-refractivity contribution in [2.75, 3.05) is 13.1 Å². The molecule has 1 aromatic rings. The molecule has 0 radical (unpaired) electrons. The van der Waals surface area contributed by atoms with E-state index in [0.29, 0.717) is 6.42 Å². The van der Waals surface area contributed by atoms with E-state index >= 15 is 0 Å². The van der Waals surface area contributed by atoms with Gasteiger partial charge in [0.1, 0.15) is 0 Å². The van der Waals surface area contributed by atoms with Gasteiger partial charge in [-0.2, -0.15) is 0 Å². The minimum atomic E-state index is -2.28. The molecule has 0 saturated carbocycles. The molecule has 1 N–H and O–H groups in total. The number of carbonyl (C=O) groups is 2. The van der Waals surface area contributed by atoms with E-state index < -0.39 is 11.6 Å². The molecule has 1 aromatic carbocycles. The van der Waals surface area contributed by atoms with Gasteiger partial charge in [0.2, 0.25) is 11.6 Å². The highest BCUT2D eigenvalue weighted by Gasteiger charge is 2.46. The summed E-state index contributed by atoms with van der Waals surface area (Å²) >= 11 is 0. The summed E-state index contributed by atoms with van der Waals surface area (Å²) < 4.78 is 13.8. The first kappa shape index (κ1) is 15.2. The zero-order valence-electron chi connectivity index (χ0n) is 11.7. The molecule has 0 spiro atoms. The Morgan fingerprint density at radius 3 is 2.67 bits per heavy atom. The molecular weight excluding hydrogens is 273 g/mol. The molecule has 112 valence electrons. The summed E-state index contributed by atoms with van der Waals surface area (Å²) in [5.41, 5.74) is -1.23. The maximum Gasteiger partial charge on any atom is 0.343 e. The number of likely N-dealkylation sites (tertiary alicyclic amines) is 1. The van der Waals surface area contributed by atoms with Crippen LogP contribution >= 0.6 is 0 Å². The second-order valence-electron chi connectivity index (χ2n) is 5.19. The van der Waals surface area contributed by atoms with E-state index in [0.717, 1.165) is 5.56 Å². The third kappa shape index (κ3) is 3.90. The fourth-order valence-electron chi connectivity index (χ4n) is 2.31. The molecule has 1 unspecified atom stereocenters. The van der Waals surface area contributed by atoms with Crippen molar-refractivity contribution < 1.29 is 19.1 Å². The van der Waals surface area contributed by atoms with Crippen LogP contribution in [-0.4, -0.2) is 40.6 Å². The topological polar surface area (TPSA) is 57.6 Å². The highest BCUT2D eigenvalue weighted by Crippen LogP contribution is 2.26. The number of amides is 1. The highest BCUT2D eigenvalue weighted by atomic mass is 19.1. The predicted molar refractivity (Wildman–Crippen MR) is 77.4 cm³/mol. The van der Waals surface area contributed by atoms with Crippen LogP contribution in [0, 0.1) is 0 Å². The number of hydrogen-bond donors (Lipinski definition) is 1. The molecule has 5 heteroatoms. The van der Waals surface area contributed by atoms with E-state index in [1.807, 2.05) is 42.5 Å². The molecular formula is C16H18FNO3. The number of benzene rings is 1. The summed E-state index contributed by atoms with van der Waals surface area (Å²) in [6.45, 7) is -0.173. The lowest BCUT2D eigenvalue weighted by Crippen LogP contribution is -2.38. The predicted octanol–water partition coefficient (Wildman–Crippen LogP) is 2.51. The normalized spacial score (nSPS) is 21.9. The zero-order valence-corrected chi connectivity index (χ0v) is 11.7. The smallest absolute Gasteiger partial charge is 0.343 e. The molecule has 21 heavy (non-hydrogen) atoms. The van der Waals surface area contributed by atoms with Crippen molar-refractivity contribution in [2.24, 2.45) is 0 Å². The summed E-state index contributed by atoms with van der Waals surface area (Å²) in [5, 5.41) is 8.79. The maximum atomic E-state index is 13.8. The van der Waals surface area contributed by atoms with E-state index in [4.69, 9.17) is 5.11 Å². The average Bonchev–Trinajstić information content (AvgIpc) is 2.89.